The van der Waals surface area contributed by atoms with Crippen LogP contribution in [0.2, 0.25) is 0 Å². The summed E-state index contributed by atoms with van der Waals surface area (Å²) >= 11 is 0. The Morgan fingerprint density at radius 1 is 1.17 bits per heavy atom. The predicted molar refractivity (Wildman–Crippen MR) is 95.8 cm³/mol. The Bertz CT molecular complexity index is 856. The summed E-state index contributed by atoms with van der Waals surface area (Å²) < 4.78 is 26.8. The van der Waals surface area contributed by atoms with Gasteiger partial charge in [0.15, 0.2) is 0 Å². The quantitative estimate of drug-likeness (QED) is 0.877. The number of hydrogen-bond acceptors (Lipinski definition) is 3. The van der Waals surface area contributed by atoms with Gasteiger partial charge in [0.25, 0.3) is 0 Å². The van der Waals surface area contributed by atoms with Gasteiger partial charge >= 0.3 is 0 Å². The molecule has 1 atom stereocenters. The second-order valence-corrected chi connectivity index (χ2v) is 7.92. The molecule has 0 spiro atoms. The summed E-state index contributed by atoms with van der Waals surface area (Å²) in [6, 6.07) is 15.2. The van der Waals surface area contributed by atoms with E-state index in [1.54, 1.807) is 6.08 Å². The molecule has 2 aromatic rings. The largest absolute Gasteiger partial charge is 0.384 e. The van der Waals surface area contributed by atoms with Gasteiger partial charge in [-0.25, -0.2) is 13.1 Å². The fourth-order valence-electron chi connectivity index (χ4n) is 2.97. The standard InChI is InChI=1S/C19H21NO3S/c1-15-6-8-16(9-7-15)11-13-24(22,23)20-14-19(21)12-10-17-4-2-3-5-18(17)19/h2-9,11,13,20-21H,10,12,14H2,1H3/b13-11+/t19-/m0/s1. The average molecular weight is 343 g/mol. The van der Waals surface area contributed by atoms with Gasteiger partial charge in [-0.2, -0.15) is 0 Å². The molecular formula is C19H21NO3S. The van der Waals surface area contributed by atoms with Crippen molar-refractivity contribution in [2.75, 3.05) is 6.54 Å². The number of aliphatic hydroxyl groups is 1. The molecule has 0 aromatic heterocycles. The third-order valence-corrected chi connectivity index (χ3v) is 5.45. The lowest BCUT2D eigenvalue weighted by Gasteiger charge is -2.23. The lowest BCUT2D eigenvalue weighted by molar-refractivity contribution is 0.0443. The van der Waals surface area contributed by atoms with E-state index in [4.69, 9.17) is 0 Å². The molecule has 126 valence electrons. The number of sulfonamides is 1. The van der Waals surface area contributed by atoms with E-state index in [-0.39, 0.29) is 6.54 Å². The minimum absolute atomic E-state index is 0.0232. The highest BCUT2D eigenvalue weighted by atomic mass is 32.2. The van der Waals surface area contributed by atoms with E-state index in [9.17, 15) is 13.5 Å². The van der Waals surface area contributed by atoms with Gasteiger partial charge in [-0.15, -0.1) is 0 Å². The van der Waals surface area contributed by atoms with Crippen LogP contribution in [0.1, 0.15) is 28.7 Å². The van der Waals surface area contributed by atoms with E-state index in [0.29, 0.717) is 6.42 Å². The van der Waals surface area contributed by atoms with Crippen LogP contribution in [0.25, 0.3) is 6.08 Å². The zero-order valence-electron chi connectivity index (χ0n) is 13.6. The van der Waals surface area contributed by atoms with Crippen LogP contribution >= 0.6 is 0 Å². The van der Waals surface area contributed by atoms with E-state index in [0.717, 1.165) is 34.1 Å². The molecule has 0 bridgehead atoms. The third kappa shape index (κ3) is 3.75. The van der Waals surface area contributed by atoms with Crippen LogP contribution in [0.3, 0.4) is 0 Å². The Morgan fingerprint density at radius 2 is 1.88 bits per heavy atom. The fraction of sp³-hybridized carbons (Fsp3) is 0.263. The van der Waals surface area contributed by atoms with Gasteiger partial charge in [-0.1, -0.05) is 54.1 Å². The van der Waals surface area contributed by atoms with Gasteiger partial charge < -0.3 is 5.11 Å². The first-order valence-electron chi connectivity index (χ1n) is 7.93. The second-order valence-electron chi connectivity index (χ2n) is 6.27. The fourth-order valence-corrected chi connectivity index (χ4v) is 3.84. The van der Waals surface area contributed by atoms with Crippen LogP contribution in [0, 0.1) is 6.92 Å². The summed E-state index contributed by atoms with van der Waals surface area (Å²) in [5.41, 5.74) is 2.69. The molecule has 0 saturated carbocycles. The molecule has 0 fully saturated rings. The van der Waals surface area contributed by atoms with Gasteiger partial charge in [0.05, 0.1) is 0 Å². The minimum atomic E-state index is -3.61. The van der Waals surface area contributed by atoms with E-state index in [2.05, 4.69) is 4.72 Å². The van der Waals surface area contributed by atoms with E-state index in [1.807, 2.05) is 55.5 Å². The van der Waals surface area contributed by atoms with Crippen LogP contribution in [-0.2, 0) is 22.0 Å². The van der Waals surface area contributed by atoms with Crippen molar-refractivity contribution in [3.05, 3.63) is 76.2 Å². The van der Waals surface area contributed by atoms with Crippen molar-refractivity contribution in [3.63, 3.8) is 0 Å². The molecular weight excluding hydrogens is 322 g/mol. The molecule has 24 heavy (non-hydrogen) atoms. The van der Waals surface area contributed by atoms with Gasteiger partial charge in [0, 0.05) is 12.0 Å². The SMILES string of the molecule is Cc1ccc(/C=C/S(=O)(=O)NC[C@@]2(O)CCc3ccccc32)cc1. The smallest absolute Gasteiger partial charge is 0.233 e. The molecule has 0 unspecified atom stereocenters. The van der Waals surface area contributed by atoms with Crippen molar-refractivity contribution in [2.24, 2.45) is 0 Å². The number of fused-ring (bicyclic) bond motifs is 1. The summed E-state index contributed by atoms with van der Waals surface area (Å²) in [5.74, 6) is 0. The number of rotatable bonds is 5. The van der Waals surface area contributed by atoms with Crippen molar-refractivity contribution in [2.45, 2.75) is 25.4 Å². The minimum Gasteiger partial charge on any atom is -0.384 e. The first-order chi connectivity index (χ1) is 11.4. The molecule has 4 nitrogen and oxygen atoms in total. The maximum Gasteiger partial charge on any atom is 0.233 e. The molecule has 2 N–H and O–H groups in total. The van der Waals surface area contributed by atoms with Crippen LogP contribution in [0.15, 0.2) is 53.9 Å². The van der Waals surface area contributed by atoms with Crippen LogP contribution < -0.4 is 4.72 Å². The Balaban J connectivity index is 1.68. The molecule has 0 heterocycles. The van der Waals surface area contributed by atoms with Gasteiger partial charge in [-0.3, -0.25) is 0 Å². The number of benzene rings is 2. The zero-order valence-corrected chi connectivity index (χ0v) is 14.4. The highest BCUT2D eigenvalue weighted by Crippen LogP contribution is 2.36. The first kappa shape index (κ1) is 16.9. The summed E-state index contributed by atoms with van der Waals surface area (Å²) in [6.07, 6.45) is 2.83. The highest BCUT2D eigenvalue weighted by molar-refractivity contribution is 7.92. The van der Waals surface area contributed by atoms with Crippen LogP contribution in [0.5, 0.6) is 0 Å². The third-order valence-electron chi connectivity index (χ3n) is 4.41. The maximum atomic E-state index is 12.2. The van der Waals surface area contributed by atoms with Gasteiger partial charge in [0.1, 0.15) is 5.60 Å². The monoisotopic (exact) mass is 343 g/mol. The van der Waals surface area contributed by atoms with Crippen molar-refractivity contribution >= 4 is 16.1 Å². The molecule has 3 rings (SSSR count). The lowest BCUT2D eigenvalue weighted by atomic mass is 9.96. The Kier molecular flexibility index (Phi) is 4.58. The molecule has 0 aliphatic heterocycles. The van der Waals surface area contributed by atoms with E-state index < -0.39 is 15.6 Å². The predicted octanol–water partition coefficient (Wildman–Crippen LogP) is 2.72. The molecule has 1 aliphatic carbocycles. The summed E-state index contributed by atoms with van der Waals surface area (Å²) in [4.78, 5) is 0. The van der Waals surface area contributed by atoms with Crippen LogP contribution in [-0.4, -0.2) is 20.1 Å². The molecule has 0 amide bonds. The van der Waals surface area contributed by atoms with Crippen molar-refractivity contribution in [1.29, 1.82) is 0 Å². The number of aryl methyl sites for hydroxylation is 2. The summed E-state index contributed by atoms with van der Waals surface area (Å²) in [5, 5.41) is 11.9. The molecule has 0 radical (unpaired) electrons. The highest BCUT2D eigenvalue weighted by Gasteiger charge is 2.36. The average Bonchev–Trinajstić information content (AvgIpc) is 2.91. The topological polar surface area (TPSA) is 66.4 Å². The first-order valence-corrected chi connectivity index (χ1v) is 9.48. The zero-order chi connectivity index (χ0) is 17.2. The van der Waals surface area contributed by atoms with Crippen LogP contribution in [0.4, 0.5) is 0 Å². The molecule has 2 aromatic carbocycles. The second kappa shape index (κ2) is 6.51. The van der Waals surface area contributed by atoms with Crippen molar-refractivity contribution in [1.82, 2.24) is 4.72 Å². The van der Waals surface area contributed by atoms with Crippen molar-refractivity contribution < 1.29 is 13.5 Å². The lowest BCUT2D eigenvalue weighted by Crippen LogP contribution is -2.38. The Hall–Kier alpha value is -1.95. The van der Waals surface area contributed by atoms with E-state index in [1.165, 1.54) is 0 Å². The molecule has 1 aliphatic rings. The molecule has 0 saturated heterocycles. The number of hydrogen-bond donors (Lipinski definition) is 2. The summed E-state index contributed by atoms with van der Waals surface area (Å²) in [7, 11) is -3.61. The Morgan fingerprint density at radius 3 is 2.62 bits per heavy atom. The maximum absolute atomic E-state index is 12.2. The van der Waals surface area contributed by atoms with Crippen molar-refractivity contribution in [3.8, 4) is 0 Å². The number of nitrogens with one attached hydrogen (secondary N) is 1. The van der Waals surface area contributed by atoms with E-state index >= 15 is 0 Å². The Labute approximate surface area is 142 Å². The van der Waals surface area contributed by atoms with Gasteiger partial charge in [0.2, 0.25) is 10.0 Å². The van der Waals surface area contributed by atoms with Gasteiger partial charge in [-0.05, 0) is 42.5 Å². The summed E-state index contributed by atoms with van der Waals surface area (Å²) in [6.45, 7) is 1.95. The molecule has 5 heteroatoms. The normalized spacial score (nSPS) is 20.4.